The van der Waals surface area contributed by atoms with Gasteiger partial charge in [-0.05, 0) is 32.3 Å². The van der Waals surface area contributed by atoms with Crippen molar-refractivity contribution in [3.63, 3.8) is 0 Å². The van der Waals surface area contributed by atoms with Crippen molar-refractivity contribution in [1.82, 2.24) is 0 Å². The summed E-state index contributed by atoms with van der Waals surface area (Å²) in [5.74, 6) is 0.160. The molecular formula is C14H24O3. The molecule has 17 heavy (non-hydrogen) atoms. The highest BCUT2D eigenvalue weighted by Gasteiger charge is 2.28. The number of allylic oxidation sites excluding steroid dienone is 2. The average Bonchev–Trinajstić information content (AvgIpc) is 2.34. The number of aliphatic hydroxyl groups is 1. The van der Waals surface area contributed by atoms with Crippen LogP contribution in [0.1, 0.15) is 33.1 Å². The predicted molar refractivity (Wildman–Crippen MR) is 68.6 cm³/mol. The zero-order valence-electron chi connectivity index (χ0n) is 11.0. The van der Waals surface area contributed by atoms with Gasteiger partial charge in [-0.3, -0.25) is 0 Å². The van der Waals surface area contributed by atoms with E-state index in [2.05, 4.69) is 19.1 Å². The summed E-state index contributed by atoms with van der Waals surface area (Å²) in [6, 6.07) is 0. The highest BCUT2D eigenvalue weighted by Crippen LogP contribution is 2.26. The van der Waals surface area contributed by atoms with Crippen LogP contribution in [0.15, 0.2) is 24.3 Å². The molecular weight excluding hydrogens is 216 g/mol. The SMILES string of the molecule is CC/C=C/C(OC)O[C@@H]1CC=CC[C@@H]1C(C)O. The summed E-state index contributed by atoms with van der Waals surface area (Å²) in [7, 11) is 1.64. The third-order valence-corrected chi connectivity index (χ3v) is 3.11. The molecule has 0 aliphatic heterocycles. The first kappa shape index (κ1) is 14.4. The van der Waals surface area contributed by atoms with E-state index < -0.39 is 0 Å². The number of methoxy groups -OCH3 is 1. The van der Waals surface area contributed by atoms with Gasteiger partial charge in [0.05, 0.1) is 12.2 Å². The van der Waals surface area contributed by atoms with Gasteiger partial charge in [0, 0.05) is 13.0 Å². The van der Waals surface area contributed by atoms with E-state index in [0.717, 1.165) is 19.3 Å². The zero-order valence-corrected chi connectivity index (χ0v) is 11.0. The molecule has 1 aliphatic carbocycles. The second kappa shape index (κ2) is 7.64. The quantitative estimate of drug-likeness (QED) is 0.573. The molecule has 1 aliphatic rings. The van der Waals surface area contributed by atoms with Gasteiger partial charge in [-0.1, -0.05) is 25.2 Å². The number of hydrogen-bond donors (Lipinski definition) is 1. The predicted octanol–water partition coefficient (Wildman–Crippen LogP) is 2.66. The summed E-state index contributed by atoms with van der Waals surface area (Å²) in [6.45, 7) is 3.90. The molecule has 2 unspecified atom stereocenters. The molecule has 0 saturated heterocycles. The zero-order chi connectivity index (χ0) is 12.7. The van der Waals surface area contributed by atoms with Crippen molar-refractivity contribution < 1.29 is 14.6 Å². The molecule has 98 valence electrons. The van der Waals surface area contributed by atoms with Crippen LogP contribution in [0.2, 0.25) is 0 Å². The summed E-state index contributed by atoms with van der Waals surface area (Å²) >= 11 is 0. The highest BCUT2D eigenvalue weighted by atomic mass is 16.7. The molecule has 0 bridgehead atoms. The Bertz CT molecular complexity index is 258. The maximum absolute atomic E-state index is 9.74. The van der Waals surface area contributed by atoms with E-state index in [4.69, 9.17) is 9.47 Å². The first-order chi connectivity index (χ1) is 8.19. The molecule has 0 fully saturated rings. The van der Waals surface area contributed by atoms with Gasteiger partial charge >= 0.3 is 0 Å². The Hall–Kier alpha value is -0.640. The van der Waals surface area contributed by atoms with Gasteiger partial charge in [0.1, 0.15) is 0 Å². The maximum atomic E-state index is 9.74. The standard InChI is InChI=1S/C14H24O3/c1-4-5-10-14(16-3)17-13-9-7-6-8-12(13)11(2)15/h5-7,10-15H,4,8-9H2,1-3H3/b10-5+/t11?,12-,13-,14?/m1/s1. The molecule has 0 heterocycles. The van der Waals surface area contributed by atoms with Crippen LogP contribution in [-0.4, -0.2) is 30.7 Å². The molecule has 0 radical (unpaired) electrons. The van der Waals surface area contributed by atoms with E-state index in [-0.39, 0.29) is 24.4 Å². The van der Waals surface area contributed by atoms with Gasteiger partial charge in [-0.25, -0.2) is 0 Å². The second-order valence-corrected chi connectivity index (χ2v) is 4.46. The number of aliphatic hydroxyl groups excluding tert-OH is 1. The summed E-state index contributed by atoms with van der Waals surface area (Å²) in [6.07, 6.45) is 10.2. The Morgan fingerprint density at radius 2 is 2.12 bits per heavy atom. The van der Waals surface area contributed by atoms with Gasteiger partial charge in [0.2, 0.25) is 0 Å². The summed E-state index contributed by atoms with van der Waals surface area (Å²) in [5.41, 5.74) is 0. The van der Waals surface area contributed by atoms with Crippen molar-refractivity contribution >= 4 is 0 Å². The van der Waals surface area contributed by atoms with Crippen molar-refractivity contribution in [3.05, 3.63) is 24.3 Å². The Morgan fingerprint density at radius 3 is 2.71 bits per heavy atom. The van der Waals surface area contributed by atoms with Crippen LogP contribution in [-0.2, 0) is 9.47 Å². The Balaban J connectivity index is 2.57. The van der Waals surface area contributed by atoms with Crippen LogP contribution in [0.25, 0.3) is 0 Å². The summed E-state index contributed by atoms with van der Waals surface area (Å²) in [5, 5.41) is 9.74. The fourth-order valence-corrected chi connectivity index (χ4v) is 2.07. The van der Waals surface area contributed by atoms with Gasteiger partial charge in [0.25, 0.3) is 0 Å². The fourth-order valence-electron chi connectivity index (χ4n) is 2.07. The molecule has 0 aromatic heterocycles. The average molecular weight is 240 g/mol. The van der Waals surface area contributed by atoms with E-state index in [1.807, 2.05) is 19.1 Å². The molecule has 4 atom stereocenters. The lowest BCUT2D eigenvalue weighted by molar-refractivity contribution is -0.152. The molecule has 1 rings (SSSR count). The lowest BCUT2D eigenvalue weighted by atomic mass is 9.87. The van der Waals surface area contributed by atoms with Crippen LogP contribution < -0.4 is 0 Å². The first-order valence-electron chi connectivity index (χ1n) is 6.37. The Labute approximate surface area is 104 Å². The van der Waals surface area contributed by atoms with Crippen LogP contribution in [0.5, 0.6) is 0 Å². The molecule has 0 amide bonds. The van der Waals surface area contributed by atoms with Gasteiger partial charge in [0.15, 0.2) is 6.29 Å². The minimum Gasteiger partial charge on any atom is -0.393 e. The monoisotopic (exact) mass is 240 g/mol. The molecule has 3 nitrogen and oxygen atoms in total. The Kier molecular flexibility index (Phi) is 6.48. The van der Waals surface area contributed by atoms with Gasteiger partial charge < -0.3 is 14.6 Å². The second-order valence-electron chi connectivity index (χ2n) is 4.46. The topological polar surface area (TPSA) is 38.7 Å². The smallest absolute Gasteiger partial charge is 0.176 e. The van der Waals surface area contributed by atoms with Crippen LogP contribution in [0.3, 0.4) is 0 Å². The van der Waals surface area contributed by atoms with E-state index in [0.29, 0.717) is 0 Å². The molecule has 1 N–H and O–H groups in total. The molecule has 0 spiro atoms. The highest BCUT2D eigenvalue weighted by molar-refractivity contribution is 4.98. The lowest BCUT2D eigenvalue weighted by Crippen LogP contribution is -2.36. The third-order valence-electron chi connectivity index (χ3n) is 3.11. The van der Waals surface area contributed by atoms with E-state index in [9.17, 15) is 5.11 Å². The molecule has 3 heteroatoms. The van der Waals surface area contributed by atoms with Crippen molar-refractivity contribution in [2.45, 2.75) is 51.6 Å². The number of hydrogen-bond acceptors (Lipinski definition) is 3. The number of rotatable bonds is 6. The maximum Gasteiger partial charge on any atom is 0.176 e. The molecule has 0 saturated carbocycles. The number of ether oxygens (including phenoxy) is 2. The first-order valence-corrected chi connectivity index (χ1v) is 6.37. The van der Waals surface area contributed by atoms with E-state index in [1.54, 1.807) is 7.11 Å². The fraction of sp³-hybridized carbons (Fsp3) is 0.714. The van der Waals surface area contributed by atoms with Crippen LogP contribution in [0, 0.1) is 5.92 Å². The third kappa shape index (κ3) is 4.62. The summed E-state index contributed by atoms with van der Waals surface area (Å²) in [4.78, 5) is 0. The minimum atomic E-state index is -0.349. The molecule has 0 aromatic rings. The van der Waals surface area contributed by atoms with Crippen molar-refractivity contribution in [3.8, 4) is 0 Å². The van der Waals surface area contributed by atoms with E-state index in [1.165, 1.54) is 0 Å². The Morgan fingerprint density at radius 1 is 1.41 bits per heavy atom. The minimum absolute atomic E-state index is 0.0338. The van der Waals surface area contributed by atoms with Crippen LogP contribution in [0.4, 0.5) is 0 Å². The van der Waals surface area contributed by atoms with Crippen molar-refractivity contribution in [1.29, 1.82) is 0 Å². The van der Waals surface area contributed by atoms with Gasteiger partial charge in [-0.15, -0.1) is 0 Å². The summed E-state index contributed by atoms with van der Waals surface area (Å²) < 4.78 is 11.2. The van der Waals surface area contributed by atoms with E-state index >= 15 is 0 Å². The van der Waals surface area contributed by atoms with Gasteiger partial charge in [-0.2, -0.15) is 0 Å². The van der Waals surface area contributed by atoms with Crippen molar-refractivity contribution in [2.24, 2.45) is 5.92 Å². The normalized spacial score (nSPS) is 28.5. The largest absolute Gasteiger partial charge is 0.393 e. The van der Waals surface area contributed by atoms with Crippen molar-refractivity contribution in [2.75, 3.05) is 7.11 Å². The lowest BCUT2D eigenvalue weighted by Gasteiger charge is -2.32. The molecule has 0 aromatic carbocycles. The van der Waals surface area contributed by atoms with Crippen LogP contribution >= 0.6 is 0 Å².